The monoisotopic (exact) mass is 260 g/mol. The fourth-order valence-electron chi connectivity index (χ4n) is 4.28. The van der Waals surface area contributed by atoms with E-state index in [0.29, 0.717) is 12.1 Å². The fourth-order valence-corrected chi connectivity index (χ4v) is 4.28. The third-order valence-corrected chi connectivity index (χ3v) is 5.25. The molecule has 4 rings (SSSR count). The molecule has 0 amide bonds. The van der Waals surface area contributed by atoms with Gasteiger partial charge in [-0.3, -0.25) is 4.90 Å². The van der Waals surface area contributed by atoms with Gasteiger partial charge in [-0.2, -0.15) is 0 Å². The van der Waals surface area contributed by atoms with Crippen LogP contribution in [0.1, 0.15) is 36.4 Å². The maximum atomic E-state index is 13.4. The summed E-state index contributed by atoms with van der Waals surface area (Å²) >= 11 is 0. The van der Waals surface area contributed by atoms with Gasteiger partial charge in [-0.05, 0) is 61.4 Å². The van der Waals surface area contributed by atoms with Crippen LogP contribution < -0.4 is 5.32 Å². The van der Waals surface area contributed by atoms with Gasteiger partial charge in [0.25, 0.3) is 0 Å². The number of nitrogens with zero attached hydrogens (tertiary/aromatic N) is 1. The number of hydrogen-bond acceptors (Lipinski definition) is 2. The Kier molecular flexibility index (Phi) is 2.85. The molecule has 3 aliphatic heterocycles. The molecule has 0 aromatic heterocycles. The van der Waals surface area contributed by atoms with Gasteiger partial charge in [0.1, 0.15) is 5.82 Å². The first kappa shape index (κ1) is 11.9. The van der Waals surface area contributed by atoms with Gasteiger partial charge in [0.15, 0.2) is 0 Å². The van der Waals surface area contributed by atoms with E-state index in [1.165, 1.54) is 43.5 Å². The van der Waals surface area contributed by atoms with E-state index in [1.54, 1.807) is 12.1 Å². The molecule has 19 heavy (non-hydrogen) atoms. The van der Waals surface area contributed by atoms with Crippen molar-refractivity contribution in [3.05, 3.63) is 35.1 Å². The van der Waals surface area contributed by atoms with Crippen LogP contribution in [0, 0.1) is 11.7 Å². The summed E-state index contributed by atoms with van der Waals surface area (Å²) in [5, 5.41) is 3.70. The Morgan fingerprint density at radius 3 is 3.21 bits per heavy atom. The minimum Gasteiger partial charge on any atom is -0.314 e. The highest BCUT2D eigenvalue weighted by Gasteiger charge is 2.39. The molecule has 3 heteroatoms. The van der Waals surface area contributed by atoms with E-state index in [-0.39, 0.29) is 5.82 Å². The molecule has 102 valence electrons. The zero-order valence-electron chi connectivity index (χ0n) is 11.2. The van der Waals surface area contributed by atoms with Crippen molar-refractivity contribution < 1.29 is 4.39 Å². The lowest BCUT2D eigenvalue weighted by Crippen LogP contribution is -2.54. The average molecular weight is 260 g/mol. The smallest absolute Gasteiger partial charge is 0.123 e. The molecule has 0 saturated carbocycles. The van der Waals surface area contributed by atoms with Gasteiger partial charge in [-0.15, -0.1) is 0 Å². The molecule has 0 aliphatic carbocycles. The standard InChI is InChI=1S/C16H21FN2/c17-13-3-4-14-11(8-13)5-7-19-10-12-2-1-6-18-15(12)9-16(14)19/h3-4,8,12,15-16,18H,1-2,5-7,9-10H2/t12-,15+,16+/m1/s1. The molecular weight excluding hydrogens is 239 g/mol. The maximum Gasteiger partial charge on any atom is 0.123 e. The number of rotatable bonds is 0. The largest absolute Gasteiger partial charge is 0.314 e. The quantitative estimate of drug-likeness (QED) is 0.771. The number of piperidine rings is 2. The molecule has 2 nitrogen and oxygen atoms in total. The SMILES string of the molecule is Fc1ccc2c(c1)CCN1C[C@H]3CCCN[C@H]3C[C@@H]21. The Morgan fingerprint density at radius 1 is 1.32 bits per heavy atom. The molecule has 2 fully saturated rings. The lowest BCUT2D eigenvalue weighted by Gasteiger charge is -2.49. The molecule has 1 aromatic rings. The van der Waals surface area contributed by atoms with Gasteiger partial charge >= 0.3 is 0 Å². The first-order chi connectivity index (χ1) is 9.31. The number of nitrogens with one attached hydrogen (secondary N) is 1. The molecule has 0 unspecified atom stereocenters. The van der Waals surface area contributed by atoms with Crippen LogP contribution in [0.4, 0.5) is 4.39 Å². The van der Waals surface area contributed by atoms with Crippen LogP contribution in [0.25, 0.3) is 0 Å². The first-order valence-electron chi connectivity index (χ1n) is 7.57. The highest BCUT2D eigenvalue weighted by atomic mass is 19.1. The van der Waals surface area contributed by atoms with Crippen LogP contribution in [0.2, 0.25) is 0 Å². The number of halogens is 1. The molecule has 3 atom stereocenters. The van der Waals surface area contributed by atoms with Crippen molar-refractivity contribution in [2.75, 3.05) is 19.6 Å². The third kappa shape index (κ3) is 2.00. The molecule has 1 aromatic carbocycles. The van der Waals surface area contributed by atoms with Crippen LogP contribution in [-0.4, -0.2) is 30.6 Å². The maximum absolute atomic E-state index is 13.4. The lowest BCUT2D eigenvalue weighted by atomic mass is 9.77. The van der Waals surface area contributed by atoms with E-state index >= 15 is 0 Å². The van der Waals surface area contributed by atoms with Gasteiger partial charge < -0.3 is 5.32 Å². The number of benzene rings is 1. The van der Waals surface area contributed by atoms with Gasteiger partial charge in [0.05, 0.1) is 0 Å². The van der Waals surface area contributed by atoms with E-state index in [2.05, 4.69) is 10.2 Å². The van der Waals surface area contributed by atoms with Crippen molar-refractivity contribution in [3.8, 4) is 0 Å². The second-order valence-electron chi connectivity index (χ2n) is 6.30. The van der Waals surface area contributed by atoms with Gasteiger partial charge in [-0.25, -0.2) is 4.39 Å². The van der Waals surface area contributed by atoms with E-state index in [0.717, 1.165) is 18.9 Å². The minimum atomic E-state index is -0.0864. The molecule has 0 bridgehead atoms. The second-order valence-corrected chi connectivity index (χ2v) is 6.30. The Hall–Kier alpha value is -0.930. The summed E-state index contributed by atoms with van der Waals surface area (Å²) in [4.78, 5) is 2.63. The minimum absolute atomic E-state index is 0.0864. The van der Waals surface area contributed by atoms with Crippen molar-refractivity contribution in [1.82, 2.24) is 10.2 Å². The summed E-state index contributed by atoms with van der Waals surface area (Å²) in [7, 11) is 0. The Balaban J connectivity index is 1.65. The number of fused-ring (bicyclic) bond motifs is 4. The summed E-state index contributed by atoms with van der Waals surface area (Å²) in [5.41, 5.74) is 2.61. The second kappa shape index (κ2) is 4.57. The van der Waals surface area contributed by atoms with E-state index in [4.69, 9.17) is 0 Å². The first-order valence-corrected chi connectivity index (χ1v) is 7.57. The Morgan fingerprint density at radius 2 is 2.26 bits per heavy atom. The van der Waals surface area contributed by atoms with Gasteiger partial charge in [0.2, 0.25) is 0 Å². The molecule has 3 aliphatic rings. The summed E-state index contributed by atoms with van der Waals surface area (Å²) in [6, 6.07) is 6.57. The van der Waals surface area contributed by atoms with E-state index in [1.807, 2.05) is 6.07 Å². The molecule has 0 radical (unpaired) electrons. The number of hydrogen-bond donors (Lipinski definition) is 1. The predicted molar refractivity (Wildman–Crippen MR) is 73.5 cm³/mol. The molecule has 1 N–H and O–H groups in total. The normalized spacial score (nSPS) is 34.3. The zero-order valence-corrected chi connectivity index (χ0v) is 11.2. The predicted octanol–water partition coefficient (Wildman–Crippen LogP) is 2.50. The molecular formula is C16H21FN2. The molecule has 3 heterocycles. The van der Waals surface area contributed by atoms with Gasteiger partial charge in [-0.1, -0.05) is 6.07 Å². The summed E-state index contributed by atoms with van der Waals surface area (Å²) in [6.07, 6.45) is 4.90. The summed E-state index contributed by atoms with van der Waals surface area (Å²) in [6.45, 7) is 3.49. The van der Waals surface area contributed by atoms with Crippen LogP contribution in [0.3, 0.4) is 0 Å². The topological polar surface area (TPSA) is 15.3 Å². The van der Waals surface area contributed by atoms with Crippen molar-refractivity contribution in [2.24, 2.45) is 5.92 Å². The average Bonchev–Trinajstić information content (AvgIpc) is 2.44. The van der Waals surface area contributed by atoms with Crippen molar-refractivity contribution in [3.63, 3.8) is 0 Å². The van der Waals surface area contributed by atoms with Crippen LogP contribution >= 0.6 is 0 Å². The summed E-state index contributed by atoms with van der Waals surface area (Å²) < 4.78 is 13.4. The van der Waals surface area contributed by atoms with Crippen LogP contribution in [0.15, 0.2) is 18.2 Å². The molecule has 0 spiro atoms. The van der Waals surface area contributed by atoms with E-state index < -0.39 is 0 Å². The zero-order chi connectivity index (χ0) is 12.8. The van der Waals surface area contributed by atoms with Crippen LogP contribution in [0.5, 0.6) is 0 Å². The van der Waals surface area contributed by atoms with E-state index in [9.17, 15) is 4.39 Å². The Labute approximate surface area is 114 Å². The lowest BCUT2D eigenvalue weighted by molar-refractivity contribution is 0.0551. The third-order valence-electron chi connectivity index (χ3n) is 5.25. The van der Waals surface area contributed by atoms with Gasteiger partial charge in [0, 0.05) is 25.2 Å². The highest BCUT2D eigenvalue weighted by Crippen LogP contribution is 2.40. The van der Waals surface area contributed by atoms with Crippen LogP contribution in [-0.2, 0) is 6.42 Å². The van der Waals surface area contributed by atoms with Crippen molar-refractivity contribution in [1.29, 1.82) is 0 Å². The molecule has 2 saturated heterocycles. The summed E-state index contributed by atoms with van der Waals surface area (Å²) in [5.74, 6) is 0.740. The van der Waals surface area contributed by atoms with Crippen molar-refractivity contribution in [2.45, 2.75) is 37.8 Å². The fraction of sp³-hybridized carbons (Fsp3) is 0.625. The highest BCUT2D eigenvalue weighted by molar-refractivity contribution is 5.34. The Bertz CT molecular complexity index is 488. The van der Waals surface area contributed by atoms with Crippen molar-refractivity contribution >= 4 is 0 Å².